The number of rotatable bonds is 5. The van der Waals surface area contributed by atoms with Crippen LogP contribution in [0.2, 0.25) is 0 Å². The minimum absolute atomic E-state index is 0.334. The number of hydrogen-bond acceptors (Lipinski definition) is 4. The summed E-state index contributed by atoms with van der Waals surface area (Å²) in [6.45, 7) is 4.21. The molecule has 4 heteroatoms. The van der Waals surface area contributed by atoms with Crippen LogP contribution in [0.4, 0.5) is 5.82 Å². The summed E-state index contributed by atoms with van der Waals surface area (Å²) >= 11 is 0. The Labute approximate surface area is 77.5 Å². The van der Waals surface area contributed by atoms with Crippen LogP contribution in [0.15, 0.2) is 25.0 Å². The summed E-state index contributed by atoms with van der Waals surface area (Å²) in [6.07, 6.45) is 6.79. The number of nitrogens with two attached hydrogens (primary N) is 1. The van der Waals surface area contributed by atoms with Gasteiger partial charge in [0.25, 0.3) is 5.88 Å². The average Bonchev–Trinajstić information content (AvgIpc) is 2.15. The molecule has 4 nitrogen and oxygen atoms in total. The van der Waals surface area contributed by atoms with E-state index in [1.807, 2.05) is 6.08 Å². The highest BCUT2D eigenvalue weighted by Crippen LogP contribution is 2.12. The summed E-state index contributed by atoms with van der Waals surface area (Å²) in [4.78, 5) is 7.79. The van der Waals surface area contributed by atoms with Crippen LogP contribution in [0.5, 0.6) is 5.88 Å². The normalized spacial score (nSPS) is 9.54. The van der Waals surface area contributed by atoms with Crippen molar-refractivity contribution in [1.29, 1.82) is 0 Å². The summed E-state index contributed by atoms with van der Waals surface area (Å²) < 4.78 is 5.29. The molecule has 2 N–H and O–H groups in total. The molecule has 13 heavy (non-hydrogen) atoms. The fourth-order valence-corrected chi connectivity index (χ4v) is 0.844. The number of nitrogens with zero attached hydrogens (tertiary/aromatic N) is 2. The first-order chi connectivity index (χ1) is 6.34. The second-order valence-corrected chi connectivity index (χ2v) is 2.53. The highest BCUT2D eigenvalue weighted by Gasteiger charge is 1.99. The van der Waals surface area contributed by atoms with Gasteiger partial charge in [-0.3, -0.25) is 0 Å². The zero-order chi connectivity index (χ0) is 9.52. The van der Waals surface area contributed by atoms with E-state index >= 15 is 0 Å². The number of aromatic nitrogens is 2. The third kappa shape index (κ3) is 3.11. The van der Waals surface area contributed by atoms with Crippen molar-refractivity contribution >= 4 is 5.82 Å². The first kappa shape index (κ1) is 9.51. The summed E-state index contributed by atoms with van der Waals surface area (Å²) in [5.74, 6) is 0.743. The van der Waals surface area contributed by atoms with Crippen LogP contribution in [0.1, 0.15) is 12.8 Å². The van der Waals surface area contributed by atoms with E-state index in [0.29, 0.717) is 18.3 Å². The Kier molecular flexibility index (Phi) is 3.75. The predicted octanol–water partition coefficient (Wildman–Crippen LogP) is 1.40. The molecule has 0 fully saturated rings. The van der Waals surface area contributed by atoms with E-state index in [0.717, 1.165) is 12.8 Å². The van der Waals surface area contributed by atoms with E-state index in [1.165, 1.54) is 6.20 Å². The Morgan fingerprint density at radius 3 is 2.92 bits per heavy atom. The molecule has 0 bridgehead atoms. The van der Waals surface area contributed by atoms with Crippen LogP contribution in [0.25, 0.3) is 0 Å². The lowest BCUT2D eigenvalue weighted by Crippen LogP contribution is -2.03. The molecule has 1 aromatic heterocycles. The minimum Gasteiger partial charge on any atom is -0.475 e. The maximum Gasteiger partial charge on any atom is 0.257 e. The van der Waals surface area contributed by atoms with E-state index < -0.39 is 0 Å². The van der Waals surface area contributed by atoms with Gasteiger partial charge in [0.05, 0.1) is 6.61 Å². The zero-order valence-corrected chi connectivity index (χ0v) is 7.44. The summed E-state index contributed by atoms with van der Waals surface area (Å²) in [5.41, 5.74) is 5.52. The highest BCUT2D eigenvalue weighted by atomic mass is 16.5. The topological polar surface area (TPSA) is 61.0 Å². The fourth-order valence-electron chi connectivity index (χ4n) is 0.844. The Balaban J connectivity index is 2.36. The zero-order valence-electron chi connectivity index (χ0n) is 7.44. The van der Waals surface area contributed by atoms with Crippen LogP contribution in [0, 0.1) is 0 Å². The molecule has 1 heterocycles. The molecule has 0 aromatic carbocycles. The van der Waals surface area contributed by atoms with Gasteiger partial charge in [0.15, 0.2) is 5.82 Å². The SMILES string of the molecule is C=CCCCOc1nccnc1N. The predicted molar refractivity (Wildman–Crippen MR) is 51.4 cm³/mol. The Hall–Kier alpha value is -1.58. The summed E-state index contributed by atoms with van der Waals surface area (Å²) in [6, 6.07) is 0. The molecule has 0 saturated heterocycles. The number of anilines is 1. The quantitative estimate of drug-likeness (QED) is 0.548. The molecule has 70 valence electrons. The van der Waals surface area contributed by atoms with Gasteiger partial charge in [-0.2, -0.15) is 0 Å². The summed E-state index contributed by atoms with van der Waals surface area (Å²) in [7, 11) is 0. The Morgan fingerprint density at radius 2 is 2.23 bits per heavy atom. The maximum absolute atomic E-state index is 5.52. The van der Waals surface area contributed by atoms with E-state index in [4.69, 9.17) is 10.5 Å². The molecular formula is C9H13N3O. The summed E-state index contributed by atoms with van der Waals surface area (Å²) in [5, 5.41) is 0. The largest absolute Gasteiger partial charge is 0.475 e. The molecule has 0 aliphatic heterocycles. The Morgan fingerprint density at radius 1 is 1.46 bits per heavy atom. The van der Waals surface area contributed by atoms with Crippen molar-refractivity contribution < 1.29 is 4.74 Å². The van der Waals surface area contributed by atoms with Crippen molar-refractivity contribution in [2.45, 2.75) is 12.8 Å². The van der Waals surface area contributed by atoms with Crippen molar-refractivity contribution in [3.63, 3.8) is 0 Å². The van der Waals surface area contributed by atoms with Gasteiger partial charge in [-0.05, 0) is 12.8 Å². The Bertz CT molecular complexity index is 275. The second kappa shape index (κ2) is 5.13. The third-order valence-corrected chi connectivity index (χ3v) is 1.48. The molecule has 1 rings (SSSR count). The molecule has 0 aliphatic rings. The number of ether oxygens (including phenoxy) is 1. The molecule has 0 spiro atoms. The molecule has 0 atom stereocenters. The van der Waals surface area contributed by atoms with E-state index in [1.54, 1.807) is 6.20 Å². The molecule has 0 aliphatic carbocycles. The van der Waals surface area contributed by atoms with Crippen molar-refractivity contribution in [1.82, 2.24) is 9.97 Å². The van der Waals surface area contributed by atoms with Crippen molar-refractivity contribution in [3.05, 3.63) is 25.0 Å². The lowest BCUT2D eigenvalue weighted by molar-refractivity contribution is 0.301. The number of hydrogen-bond donors (Lipinski definition) is 1. The smallest absolute Gasteiger partial charge is 0.257 e. The maximum atomic E-state index is 5.52. The van der Waals surface area contributed by atoms with Crippen LogP contribution >= 0.6 is 0 Å². The highest BCUT2D eigenvalue weighted by molar-refractivity contribution is 5.38. The minimum atomic E-state index is 0.334. The lowest BCUT2D eigenvalue weighted by Gasteiger charge is -2.04. The molecule has 0 amide bonds. The van der Waals surface area contributed by atoms with Gasteiger partial charge in [0, 0.05) is 12.4 Å². The molecular weight excluding hydrogens is 166 g/mol. The van der Waals surface area contributed by atoms with Gasteiger partial charge in [-0.15, -0.1) is 6.58 Å². The van der Waals surface area contributed by atoms with Gasteiger partial charge in [-0.25, -0.2) is 9.97 Å². The van der Waals surface area contributed by atoms with Crippen molar-refractivity contribution in [3.8, 4) is 5.88 Å². The van der Waals surface area contributed by atoms with E-state index in [9.17, 15) is 0 Å². The first-order valence-corrected chi connectivity index (χ1v) is 4.14. The van der Waals surface area contributed by atoms with E-state index in [2.05, 4.69) is 16.5 Å². The number of nitrogen functional groups attached to an aromatic ring is 1. The van der Waals surface area contributed by atoms with Gasteiger partial charge < -0.3 is 10.5 Å². The van der Waals surface area contributed by atoms with E-state index in [-0.39, 0.29) is 0 Å². The van der Waals surface area contributed by atoms with Gasteiger partial charge >= 0.3 is 0 Å². The monoisotopic (exact) mass is 179 g/mol. The van der Waals surface area contributed by atoms with Crippen LogP contribution in [0.3, 0.4) is 0 Å². The van der Waals surface area contributed by atoms with Gasteiger partial charge in [0.2, 0.25) is 0 Å². The number of allylic oxidation sites excluding steroid dienone is 1. The average molecular weight is 179 g/mol. The first-order valence-electron chi connectivity index (χ1n) is 4.14. The van der Waals surface area contributed by atoms with Gasteiger partial charge in [0.1, 0.15) is 0 Å². The van der Waals surface area contributed by atoms with Crippen LogP contribution < -0.4 is 10.5 Å². The molecule has 0 saturated carbocycles. The van der Waals surface area contributed by atoms with Crippen LogP contribution in [-0.4, -0.2) is 16.6 Å². The van der Waals surface area contributed by atoms with Gasteiger partial charge in [-0.1, -0.05) is 6.08 Å². The molecule has 1 aromatic rings. The molecule has 0 radical (unpaired) electrons. The lowest BCUT2D eigenvalue weighted by atomic mass is 10.3. The fraction of sp³-hybridized carbons (Fsp3) is 0.333. The standard InChI is InChI=1S/C9H13N3O/c1-2-3-4-7-13-9-8(10)11-5-6-12-9/h2,5-6H,1,3-4,7H2,(H2,10,11). The van der Waals surface area contributed by atoms with Crippen LogP contribution in [-0.2, 0) is 0 Å². The molecule has 0 unspecified atom stereocenters. The third-order valence-electron chi connectivity index (χ3n) is 1.48. The second-order valence-electron chi connectivity index (χ2n) is 2.53. The van der Waals surface area contributed by atoms with Crippen molar-refractivity contribution in [2.24, 2.45) is 0 Å². The number of unbranched alkanes of at least 4 members (excludes halogenated alkanes) is 1. The van der Waals surface area contributed by atoms with Crippen molar-refractivity contribution in [2.75, 3.05) is 12.3 Å².